The first-order chi connectivity index (χ1) is 9.74. The quantitative estimate of drug-likeness (QED) is 0.911. The summed E-state index contributed by atoms with van der Waals surface area (Å²) >= 11 is 0. The molecule has 0 spiro atoms. The Morgan fingerprint density at radius 2 is 2.20 bits per heavy atom. The molecule has 0 saturated carbocycles. The van der Waals surface area contributed by atoms with Gasteiger partial charge < -0.3 is 15.0 Å². The molecule has 0 aromatic carbocycles. The van der Waals surface area contributed by atoms with E-state index >= 15 is 0 Å². The average Bonchev–Trinajstić information content (AvgIpc) is 3.09. The van der Waals surface area contributed by atoms with Crippen molar-refractivity contribution < 1.29 is 4.74 Å². The minimum atomic E-state index is 0.130. The van der Waals surface area contributed by atoms with Gasteiger partial charge in [-0.3, -0.25) is 4.98 Å². The molecule has 0 amide bonds. The number of hydrogen-bond donors (Lipinski definition) is 1. The van der Waals surface area contributed by atoms with E-state index in [4.69, 9.17) is 4.74 Å². The second-order valence-electron chi connectivity index (χ2n) is 5.99. The highest BCUT2D eigenvalue weighted by molar-refractivity contribution is 5.41. The van der Waals surface area contributed by atoms with Crippen molar-refractivity contribution in [3.63, 3.8) is 0 Å². The van der Waals surface area contributed by atoms with Gasteiger partial charge in [0.1, 0.15) is 0 Å². The summed E-state index contributed by atoms with van der Waals surface area (Å²) < 4.78 is 5.66. The molecule has 3 rings (SSSR count). The highest BCUT2D eigenvalue weighted by Crippen LogP contribution is 2.29. The number of nitrogens with one attached hydrogen (secondary N) is 1. The molecule has 2 saturated heterocycles. The zero-order chi connectivity index (χ0) is 13.9. The van der Waals surface area contributed by atoms with Gasteiger partial charge in [-0.1, -0.05) is 0 Å². The average molecular weight is 276 g/mol. The molecule has 0 radical (unpaired) electrons. The van der Waals surface area contributed by atoms with Crippen LogP contribution in [0.15, 0.2) is 12.4 Å². The fourth-order valence-corrected chi connectivity index (χ4v) is 3.31. The third-order valence-electron chi connectivity index (χ3n) is 4.11. The lowest BCUT2D eigenvalue weighted by Crippen LogP contribution is -2.44. The molecule has 2 atom stereocenters. The second-order valence-corrected chi connectivity index (χ2v) is 5.99. The summed E-state index contributed by atoms with van der Waals surface area (Å²) in [5, 5.41) is 3.62. The van der Waals surface area contributed by atoms with Crippen molar-refractivity contribution in [1.29, 1.82) is 0 Å². The Labute approximate surface area is 120 Å². The van der Waals surface area contributed by atoms with Crippen LogP contribution in [0.5, 0.6) is 5.88 Å². The Balaban J connectivity index is 1.76. The molecule has 0 bridgehead atoms. The standard InChI is InChI=1S/C15H24N4O/c1-11(2)20-15-10-16-9-14(18-15)19-8-4-6-13(19)12-5-3-7-17-12/h9-13,17H,3-8H2,1-2H3. The second kappa shape index (κ2) is 5.95. The van der Waals surface area contributed by atoms with E-state index in [1.807, 2.05) is 20.0 Å². The molecule has 0 aliphatic carbocycles. The highest BCUT2D eigenvalue weighted by atomic mass is 16.5. The van der Waals surface area contributed by atoms with Crippen molar-refractivity contribution in [3.05, 3.63) is 12.4 Å². The monoisotopic (exact) mass is 276 g/mol. The predicted molar refractivity (Wildman–Crippen MR) is 79.2 cm³/mol. The van der Waals surface area contributed by atoms with E-state index in [1.165, 1.54) is 25.7 Å². The van der Waals surface area contributed by atoms with Crippen molar-refractivity contribution in [1.82, 2.24) is 15.3 Å². The van der Waals surface area contributed by atoms with E-state index in [2.05, 4.69) is 20.2 Å². The van der Waals surface area contributed by atoms with E-state index in [9.17, 15) is 0 Å². The Morgan fingerprint density at radius 1 is 1.30 bits per heavy atom. The molecular formula is C15H24N4O. The molecule has 5 nitrogen and oxygen atoms in total. The normalized spacial score (nSPS) is 26.4. The molecule has 2 aliphatic heterocycles. The topological polar surface area (TPSA) is 50.3 Å². The largest absolute Gasteiger partial charge is 0.474 e. The van der Waals surface area contributed by atoms with Crippen LogP contribution in [0.2, 0.25) is 0 Å². The van der Waals surface area contributed by atoms with E-state index in [1.54, 1.807) is 6.20 Å². The molecule has 2 fully saturated rings. The van der Waals surface area contributed by atoms with Gasteiger partial charge in [-0.2, -0.15) is 4.98 Å². The number of anilines is 1. The first kappa shape index (κ1) is 13.6. The van der Waals surface area contributed by atoms with Crippen LogP contribution in [0.25, 0.3) is 0 Å². The lowest BCUT2D eigenvalue weighted by molar-refractivity contribution is 0.231. The number of nitrogens with zero attached hydrogens (tertiary/aromatic N) is 3. The minimum Gasteiger partial charge on any atom is -0.474 e. The first-order valence-electron chi connectivity index (χ1n) is 7.73. The van der Waals surface area contributed by atoms with Crippen LogP contribution in [0, 0.1) is 0 Å². The fraction of sp³-hybridized carbons (Fsp3) is 0.733. The molecule has 2 aliphatic rings. The summed E-state index contributed by atoms with van der Waals surface area (Å²) in [6, 6.07) is 1.16. The van der Waals surface area contributed by atoms with Gasteiger partial charge in [-0.05, 0) is 46.1 Å². The molecule has 1 aromatic heterocycles. The van der Waals surface area contributed by atoms with Crippen LogP contribution < -0.4 is 15.0 Å². The summed E-state index contributed by atoms with van der Waals surface area (Å²) in [6.45, 7) is 6.24. The summed E-state index contributed by atoms with van der Waals surface area (Å²) in [6.07, 6.45) is 8.73. The molecule has 1 N–H and O–H groups in total. The van der Waals surface area contributed by atoms with Crippen molar-refractivity contribution in [3.8, 4) is 5.88 Å². The van der Waals surface area contributed by atoms with Gasteiger partial charge in [0, 0.05) is 18.6 Å². The van der Waals surface area contributed by atoms with Gasteiger partial charge in [-0.15, -0.1) is 0 Å². The smallest absolute Gasteiger partial charge is 0.234 e. The molecule has 20 heavy (non-hydrogen) atoms. The molecule has 5 heteroatoms. The SMILES string of the molecule is CC(C)Oc1cncc(N2CCCC2C2CCCN2)n1. The number of rotatable bonds is 4. The summed E-state index contributed by atoms with van der Waals surface area (Å²) in [5.41, 5.74) is 0. The molecular weight excluding hydrogens is 252 g/mol. The Kier molecular flexibility index (Phi) is 4.05. The maximum absolute atomic E-state index is 5.66. The maximum atomic E-state index is 5.66. The van der Waals surface area contributed by atoms with E-state index in [-0.39, 0.29) is 6.10 Å². The van der Waals surface area contributed by atoms with Gasteiger partial charge in [0.2, 0.25) is 5.88 Å². The molecule has 110 valence electrons. The van der Waals surface area contributed by atoms with Gasteiger partial charge in [0.05, 0.1) is 18.5 Å². The van der Waals surface area contributed by atoms with E-state index in [0.29, 0.717) is 18.0 Å². The predicted octanol–water partition coefficient (Wildman–Crippen LogP) is 1.98. The van der Waals surface area contributed by atoms with Crippen LogP contribution in [0.1, 0.15) is 39.5 Å². The van der Waals surface area contributed by atoms with Crippen molar-refractivity contribution >= 4 is 5.82 Å². The van der Waals surface area contributed by atoms with Gasteiger partial charge in [-0.25, -0.2) is 0 Å². The van der Waals surface area contributed by atoms with Crippen LogP contribution in [-0.4, -0.2) is 41.2 Å². The summed E-state index contributed by atoms with van der Waals surface area (Å²) in [5.74, 6) is 1.59. The van der Waals surface area contributed by atoms with Crippen LogP contribution >= 0.6 is 0 Å². The van der Waals surface area contributed by atoms with E-state index in [0.717, 1.165) is 18.9 Å². The fourth-order valence-electron chi connectivity index (χ4n) is 3.31. The van der Waals surface area contributed by atoms with Gasteiger partial charge in [0.15, 0.2) is 5.82 Å². The van der Waals surface area contributed by atoms with Gasteiger partial charge >= 0.3 is 0 Å². The highest BCUT2D eigenvalue weighted by Gasteiger charge is 2.34. The molecule has 3 heterocycles. The zero-order valence-electron chi connectivity index (χ0n) is 12.4. The molecule has 2 unspecified atom stereocenters. The van der Waals surface area contributed by atoms with Crippen molar-refractivity contribution in [2.75, 3.05) is 18.0 Å². The summed E-state index contributed by atoms with van der Waals surface area (Å²) in [7, 11) is 0. The van der Waals surface area contributed by atoms with Crippen molar-refractivity contribution in [2.24, 2.45) is 0 Å². The third-order valence-corrected chi connectivity index (χ3v) is 4.11. The maximum Gasteiger partial charge on any atom is 0.234 e. The first-order valence-corrected chi connectivity index (χ1v) is 7.73. The van der Waals surface area contributed by atoms with Crippen LogP contribution in [-0.2, 0) is 0 Å². The molecule has 1 aromatic rings. The van der Waals surface area contributed by atoms with Crippen LogP contribution in [0.4, 0.5) is 5.82 Å². The number of ether oxygens (including phenoxy) is 1. The van der Waals surface area contributed by atoms with Crippen LogP contribution in [0.3, 0.4) is 0 Å². The summed E-state index contributed by atoms with van der Waals surface area (Å²) in [4.78, 5) is 11.3. The lowest BCUT2D eigenvalue weighted by atomic mass is 10.0. The zero-order valence-corrected chi connectivity index (χ0v) is 12.4. The third kappa shape index (κ3) is 2.87. The lowest BCUT2D eigenvalue weighted by Gasteiger charge is -2.30. The Bertz CT molecular complexity index is 445. The Morgan fingerprint density at radius 3 is 2.95 bits per heavy atom. The Hall–Kier alpha value is -1.36. The van der Waals surface area contributed by atoms with Gasteiger partial charge in [0.25, 0.3) is 0 Å². The van der Waals surface area contributed by atoms with E-state index < -0.39 is 0 Å². The number of hydrogen-bond acceptors (Lipinski definition) is 5. The minimum absolute atomic E-state index is 0.130. The number of aromatic nitrogens is 2. The van der Waals surface area contributed by atoms with Crippen molar-refractivity contribution in [2.45, 2.75) is 57.7 Å².